The van der Waals surface area contributed by atoms with E-state index in [4.69, 9.17) is 5.41 Å². The summed E-state index contributed by atoms with van der Waals surface area (Å²) in [6, 6.07) is 3.55. The van der Waals surface area contributed by atoms with E-state index in [0.717, 1.165) is 29.7 Å². The molecule has 0 saturated heterocycles. The summed E-state index contributed by atoms with van der Waals surface area (Å²) in [4.78, 5) is 15.6. The van der Waals surface area contributed by atoms with Gasteiger partial charge in [-0.25, -0.2) is 8.78 Å². The number of amidine groups is 1. The number of hydrogen-bond acceptors (Lipinski definition) is 4. The zero-order chi connectivity index (χ0) is 24.6. The van der Waals surface area contributed by atoms with E-state index in [1.54, 1.807) is 29.0 Å². The van der Waals surface area contributed by atoms with Gasteiger partial charge in [0, 0.05) is 73.8 Å². The third-order valence-electron chi connectivity index (χ3n) is 6.43. The Morgan fingerprint density at radius 3 is 2.59 bits per heavy atom. The minimum Gasteiger partial charge on any atom is -0.386 e. The molecule has 0 unspecified atom stereocenters. The normalized spacial score (nSPS) is 16.4. The maximum atomic E-state index is 14.2. The van der Waals surface area contributed by atoms with Gasteiger partial charge in [0.25, 0.3) is 6.43 Å². The maximum Gasteiger partial charge on any atom is 0.264 e. The highest BCUT2D eigenvalue weighted by molar-refractivity contribution is 6.09. The first kappa shape index (κ1) is 23.9. The first-order valence-electron chi connectivity index (χ1n) is 11.7. The number of alkyl halides is 2. The lowest BCUT2D eigenvalue weighted by atomic mass is 9.92. The Bertz CT molecular complexity index is 1140. The lowest BCUT2D eigenvalue weighted by molar-refractivity contribution is -0.128. The van der Waals surface area contributed by atoms with E-state index in [9.17, 15) is 13.6 Å². The van der Waals surface area contributed by atoms with Crippen LogP contribution in [0.25, 0.3) is 11.1 Å². The molecule has 1 amide bonds. The Balaban J connectivity index is 1.76. The van der Waals surface area contributed by atoms with Crippen LogP contribution in [0.1, 0.15) is 51.2 Å². The van der Waals surface area contributed by atoms with Gasteiger partial charge >= 0.3 is 0 Å². The molecule has 4 rings (SSSR count). The Morgan fingerprint density at radius 1 is 1.21 bits per heavy atom. The van der Waals surface area contributed by atoms with Crippen LogP contribution in [0, 0.1) is 5.41 Å². The van der Waals surface area contributed by atoms with Gasteiger partial charge in [0.15, 0.2) is 0 Å². The lowest BCUT2D eigenvalue weighted by Gasteiger charge is -2.37. The molecule has 2 N–H and O–H groups in total. The number of rotatable bonds is 5. The highest BCUT2D eigenvalue weighted by Crippen LogP contribution is 2.39. The van der Waals surface area contributed by atoms with Crippen LogP contribution in [-0.2, 0) is 18.3 Å². The SMILES string of the molecule is CC(=O)N1CCC(NC(C)C)=C(C(=N)N2CCCc3cc(-c4cnn(C)c4)c(C(F)F)cc32)C1. The number of nitrogens with zero attached hydrogens (tertiary/aromatic N) is 4. The molecule has 0 spiro atoms. The molecule has 0 fully saturated rings. The highest BCUT2D eigenvalue weighted by Gasteiger charge is 2.30. The Morgan fingerprint density at radius 2 is 1.97 bits per heavy atom. The number of aryl methyl sites for hydroxylation is 2. The van der Waals surface area contributed by atoms with Crippen LogP contribution in [0.5, 0.6) is 0 Å². The second-order valence-corrected chi connectivity index (χ2v) is 9.32. The van der Waals surface area contributed by atoms with Gasteiger partial charge in [-0.1, -0.05) is 0 Å². The number of hydrogen-bond donors (Lipinski definition) is 2. The van der Waals surface area contributed by atoms with Gasteiger partial charge in [-0.05, 0) is 49.9 Å². The molecule has 0 aliphatic carbocycles. The number of carbonyl (C=O) groups excluding carboxylic acids is 1. The monoisotopic (exact) mass is 470 g/mol. The van der Waals surface area contributed by atoms with Crippen molar-refractivity contribution < 1.29 is 13.6 Å². The van der Waals surface area contributed by atoms with Crippen LogP contribution in [0.2, 0.25) is 0 Å². The number of halogens is 2. The largest absolute Gasteiger partial charge is 0.386 e. The third kappa shape index (κ3) is 4.69. The van der Waals surface area contributed by atoms with E-state index in [2.05, 4.69) is 10.4 Å². The molecule has 2 aliphatic rings. The summed E-state index contributed by atoms with van der Waals surface area (Å²) in [5.41, 5.74) is 4.37. The number of aromatic nitrogens is 2. The van der Waals surface area contributed by atoms with Crippen molar-refractivity contribution in [1.82, 2.24) is 20.0 Å². The summed E-state index contributed by atoms with van der Waals surface area (Å²) in [5.74, 6) is 0.235. The summed E-state index contributed by atoms with van der Waals surface area (Å²) in [6.45, 7) is 7.12. The van der Waals surface area contributed by atoms with Crippen LogP contribution in [-0.4, -0.2) is 52.1 Å². The van der Waals surface area contributed by atoms with Crippen LogP contribution >= 0.6 is 0 Å². The van der Waals surface area contributed by atoms with Crippen molar-refractivity contribution in [2.75, 3.05) is 24.5 Å². The first-order chi connectivity index (χ1) is 16.2. The number of nitrogens with one attached hydrogen (secondary N) is 2. The minimum atomic E-state index is -2.65. The first-order valence-corrected chi connectivity index (χ1v) is 11.7. The quantitative estimate of drug-likeness (QED) is 0.506. The summed E-state index contributed by atoms with van der Waals surface area (Å²) in [6.07, 6.45) is 2.89. The molecular weight excluding hydrogens is 438 g/mol. The van der Waals surface area contributed by atoms with Gasteiger partial charge in [-0.15, -0.1) is 0 Å². The predicted octanol–water partition coefficient (Wildman–Crippen LogP) is 4.26. The zero-order valence-corrected chi connectivity index (χ0v) is 20.2. The van der Waals surface area contributed by atoms with Crippen molar-refractivity contribution in [3.05, 3.63) is 46.9 Å². The van der Waals surface area contributed by atoms with Crippen molar-refractivity contribution in [3.63, 3.8) is 0 Å². The van der Waals surface area contributed by atoms with Crippen molar-refractivity contribution in [2.24, 2.45) is 7.05 Å². The topological polar surface area (TPSA) is 77.2 Å². The zero-order valence-electron chi connectivity index (χ0n) is 20.2. The minimum absolute atomic E-state index is 0.0333. The smallest absolute Gasteiger partial charge is 0.264 e. The highest BCUT2D eigenvalue weighted by atomic mass is 19.3. The summed E-state index contributed by atoms with van der Waals surface area (Å²) >= 11 is 0. The second kappa shape index (κ2) is 9.56. The molecule has 34 heavy (non-hydrogen) atoms. The molecule has 9 heteroatoms. The molecule has 2 aromatic rings. The summed E-state index contributed by atoms with van der Waals surface area (Å²) < 4.78 is 29.9. The Hall–Kier alpha value is -3.23. The van der Waals surface area contributed by atoms with Gasteiger partial charge < -0.3 is 15.1 Å². The molecule has 0 saturated carbocycles. The lowest BCUT2D eigenvalue weighted by Crippen LogP contribution is -2.45. The Kier molecular flexibility index (Phi) is 6.72. The predicted molar refractivity (Wildman–Crippen MR) is 129 cm³/mol. The molecule has 7 nitrogen and oxygen atoms in total. The van der Waals surface area contributed by atoms with Crippen LogP contribution in [0.3, 0.4) is 0 Å². The van der Waals surface area contributed by atoms with Crippen molar-refractivity contribution in [2.45, 2.75) is 52.5 Å². The molecule has 3 heterocycles. The number of benzene rings is 1. The molecule has 0 bridgehead atoms. The van der Waals surface area contributed by atoms with E-state index < -0.39 is 6.43 Å². The van der Waals surface area contributed by atoms with Crippen LogP contribution < -0.4 is 10.2 Å². The van der Waals surface area contributed by atoms with Crippen molar-refractivity contribution in [1.29, 1.82) is 5.41 Å². The summed E-state index contributed by atoms with van der Waals surface area (Å²) in [7, 11) is 1.76. The molecular formula is C25H32F2N6O. The van der Waals surface area contributed by atoms with E-state index in [-0.39, 0.29) is 23.3 Å². The average molecular weight is 471 g/mol. The van der Waals surface area contributed by atoms with E-state index in [1.807, 2.05) is 24.8 Å². The van der Waals surface area contributed by atoms with Gasteiger partial charge in [-0.3, -0.25) is 14.9 Å². The maximum absolute atomic E-state index is 14.2. The number of carbonyl (C=O) groups is 1. The van der Waals surface area contributed by atoms with Gasteiger partial charge in [0.05, 0.1) is 12.7 Å². The van der Waals surface area contributed by atoms with Gasteiger partial charge in [0.1, 0.15) is 5.84 Å². The molecule has 2 aliphatic heterocycles. The van der Waals surface area contributed by atoms with E-state index >= 15 is 0 Å². The fraction of sp³-hybridized carbons (Fsp3) is 0.480. The van der Waals surface area contributed by atoms with Gasteiger partial charge in [-0.2, -0.15) is 5.10 Å². The fourth-order valence-electron chi connectivity index (χ4n) is 4.79. The second-order valence-electron chi connectivity index (χ2n) is 9.32. The molecule has 1 aromatic carbocycles. The molecule has 0 atom stereocenters. The van der Waals surface area contributed by atoms with E-state index in [0.29, 0.717) is 42.9 Å². The summed E-state index contributed by atoms with van der Waals surface area (Å²) in [5, 5.41) is 16.7. The third-order valence-corrected chi connectivity index (χ3v) is 6.43. The van der Waals surface area contributed by atoms with E-state index in [1.165, 1.54) is 13.0 Å². The van der Waals surface area contributed by atoms with Crippen LogP contribution in [0.15, 0.2) is 35.8 Å². The standard InChI is InChI=1S/C25H32F2N6O/c1-15(2)30-22-7-9-32(16(3)34)14-21(22)25(28)33-8-5-6-17-10-19(18-12-29-31(4)13-18)20(24(26)27)11-23(17)33/h10-13,15,24,28,30H,5-9,14H2,1-4H3. The Labute approximate surface area is 198 Å². The molecule has 0 radical (unpaired) electrons. The average Bonchev–Trinajstić information content (AvgIpc) is 3.23. The molecule has 182 valence electrons. The van der Waals surface area contributed by atoms with Crippen molar-refractivity contribution >= 4 is 17.4 Å². The van der Waals surface area contributed by atoms with Gasteiger partial charge in [0.2, 0.25) is 5.91 Å². The number of amides is 1. The fourth-order valence-corrected chi connectivity index (χ4v) is 4.79. The van der Waals surface area contributed by atoms with Crippen LogP contribution in [0.4, 0.5) is 14.5 Å². The number of fused-ring (bicyclic) bond motifs is 1. The van der Waals surface area contributed by atoms with Crippen molar-refractivity contribution in [3.8, 4) is 11.1 Å². The molecule has 1 aromatic heterocycles. The number of anilines is 1.